The maximum absolute atomic E-state index is 13.9. The van der Waals surface area contributed by atoms with E-state index in [2.05, 4.69) is 13.8 Å². The van der Waals surface area contributed by atoms with Gasteiger partial charge in [-0.25, -0.2) is 0 Å². The van der Waals surface area contributed by atoms with Crippen molar-refractivity contribution < 1.29 is 19.1 Å². The van der Waals surface area contributed by atoms with Crippen LogP contribution in [0.5, 0.6) is 0 Å². The second-order valence-corrected chi connectivity index (χ2v) is 14.6. The van der Waals surface area contributed by atoms with Crippen LogP contribution in [0.3, 0.4) is 0 Å². The molecule has 13 unspecified atom stereocenters. The fraction of sp³-hybridized carbons (Fsp3) is 0.935. The molecule has 192 valence electrons. The second-order valence-electron chi connectivity index (χ2n) is 14.6. The smallest absolute Gasteiger partial charge is 0.312 e. The van der Waals surface area contributed by atoms with Gasteiger partial charge in [0, 0.05) is 5.92 Å². The molecule has 0 saturated heterocycles. The van der Waals surface area contributed by atoms with Crippen molar-refractivity contribution >= 4 is 11.9 Å². The summed E-state index contributed by atoms with van der Waals surface area (Å²) in [5.74, 6) is 7.12. The van der Waals surface area contributed by atoms with Crippen LogP contribution in [0.4, 0.5) is 0 Å². The molecule has 0 aromatic heterocycles. The third kappa shape index (κ3) is 2.81. The number of hydrogen-bond acceptors (Lipinski definition) is 4. The normalized spacial score (nSPS) is 54.9. The largest absolute Gasteiger partial charge is 0.462 e. The van der Waals surface area contributed by atoms with Gasteiger partial charge in [0.2, 0.25) is 0 Å². The van der Waals surface area contributed by atoms with E-state index in [1.165, 1.54) is 38.5 Å². The van der Waals surface area contributed by atoms with Crippen molar-refractivity contribution in [2.45, 2.75) is 109 Å². The van der Waals surface area contributed by atoms with Crippen LogP contribution < -0.4 is 0 Å². The van der Waals surface area contributed by atoms with Crippen LogP contribution in [0.15, 0.2) is 0 Å². The lowest BCUT2D eigenvalue weighted by Gasteiger charge is -2.45. The highest BCUT2D eigenvalue weighted by Gasteiger charge is 2.69. The molecule has 9 aliphatic rings. The van der Waals surface area contributed by atoms with Gasteiger partial charge >= 0.3 is 11.9 Å². The maximum atomic E-state index is 13.9. The molecule has 9 saturated carbocycles. The SMILES string of the molecule is CCCC1(C(=O)OC2CC3CC2C2C4CC(CC4C(=O)OC4(CC)C5CC6CC(C5)C4C6)C32)CC1. The van der Waals surface area contributed by atoms with Gasteiger partial charge in [0.25, 0.3) is 0 Å². The summed E-state index contributed by atoms with van der Waals surface area (Å²) in [7, 11) is 0. The van der Waals surface area contributed by atoms with E-state index in [0.717, 1.165) is 68.6 Å². The van der Waals surface area contributed by atoms with Crippen molar-refractivity contribution in [2.75, 3.05) is 0 Å². The Bertz CT molecular complexity index is 934. The lowest BCUT2D eigenvalue weighted by Crippen LogP contribution is -2.49. The van der Waals surface area contributed by atoms with Crippen molar-refractivity contribution in [2.24, 2.45) is 70.5 Å². The Hall–Kier alpha value is -1.06. The molecule has 8 bridgehead atoms. The molecular formula is C31H44O4. The van der Waals surface area contributed by atoms with Crippen LogP contribution in [-0.2, 0) is 19.1 Å². The zero-order chi connectivity index (χ0) is 23.7. The number of esters is 2. The minimum Gasteiger partial charge on any atom is -0.462 e. The quantitative estimate of drug-likeness (QED) is 0.323. The Morgan fingerprint density at radius 3 is 2.37 bits per heavy atom. The van der Waals surface area contributed by atoms with Gasteiger partial charge in [-0.05, 0) is 130 Å². The average molecular weight is 481 g/mol. The Morgan fingerprint density at radius 2 is 1.63 bits per heavy atom. The van der Waals surface area contributed by atoms with Gasteiger partial charge < -0.3 is 9.47 Å². The van der Waals surface area contributed by atoms with Gasteiger partial charge in [-0.2, -0.15) is 0 Å². The predicted octanol–water partition coefficient (Wildman–Crippen LogP) is 6.16. The molecule has 0 aromatic rings. The Kier molecular flexibility index (Phi) is 4.57. The van der Waals surface area contributed by atoms with E-state index in [0.29, 0.717) is 35.5 Å². The van der Waals surface area contributed by atoms with Crippen molar-refractivity contribution in [1.82, 2.24) is 0 Å². The summed E-state index contributed by atoms with van der Waals surface area (Å²) in [5, 5.41) is 0. The Morgan fingerprint density at radius 1 is 0.829 bits per heavy atom. The highest BCUT2D eigenvalue weighted by atomic mass is 16.6. The Labute approximate surface area is 210 Å². The van der Waals surface area contributed by atoms with E-state index in [1.807, 2.05) is 0 Å². The summed E-state index contributed by atoms with van der Waals surface area (Å²) in [4.78, 5) is 26.9. The fourth-order valence-corrected chi connectivity index (χ4v) is 12.3. The zero-order valence-corrected chi connectivity index (χ0v) is 21.8. The molecule has 9 fully saturated rings. The van der Waals surface area contributed by atoms with Gasteiger partial charge in [-0.15, -0.1) is 0 Å². The number of rotatable bonds is 7. The average Bonchev–Trinajstić information content (AvgIpc) is 3.33. The van der Waals surface area contributed by atoms with Gasteiger partial charge in [0.05, 0.1) is 11.3 Å². The molecule has 35 heavy (non-hydrogen) atoms. The lowest BCUT2D eigenvalue weighted by molar-refractivity contribution is -0.184. The van der Waals surface area contributed by atoms with Crippen molar-refractivity contribution in [3.8, 4) is 0 Å². The molecule has 13 atom stereocenters. The third-order valence-corrected chi connectivity index (χ3v) is 13.5. The Balaban J connectivity index is 0.982. The topological polar surface area (TPSA) is 52.6 Å². The summed E-state index contributed by atoms with van der Waals surface area (Å²) in [5.41, 5.74) is -0.300. The molecule has 4 nitrogen and oxygen atoms in total. The van der Waals surface area contributed by atoms with E-state index < -0.39 is 0 Å². The van der Waals surface area contributed by atoms with E-state index in [-0.39, 0.29) is 35.0 Å². The molecule has 0 aromatic carbocycles. The summed E-state index contributed by atoms with van der Waals surface area (Å²) in [6.45, 7) is 4.45. The molecule has 0 spiro atoms. The second kappa shape index (κ2) is 7.28. The molecule has 0 amide bonds. The van der Waals surface area contributed by atoms with Gasteiger partial charge in [0.1, 0.15) is 11.7 Å². The van der Waals surface area contributed by atoms with Crippen LogP contribution in [0.25, 0.3) is 0 Å². The maximum Gasteiger partial charge on any atom is 0.312 e. The van der Waals surface area contributed by atoms with Crippen LogP contribution >= 0.6 is 0 Å². The van der Waals surface area contributed by atoms with Crippen LogP contribution in [0.2, 0.25) is 0 Å². The fourth-order valence-electron chi connectivity index (χ4n) is 12.3. The van der Waals surface area contributed by atoms with E-state index in [9.17, 15) is 9.59 Å². The van der Waals surface area contributed by atoms with Gasteiger partial charge in [0.15, 0.2) is 0 Å². The van der Waals surface area contributed by atoms with E-state index >= 15 is 0 Å². The predicted molar refractivity (Wildman–Crippen MR) is 131 cm³/mol. The highest BCUT2D eigenvalue weighted by Crippen LogP contribution is 2.70. The summed E-state index contributed by atoms with van der Waals surface area (Å²) in [6.07, 6.45) is 15.1. The van der Waals surface area contributed by atoms with Crippen molar-refractivity contribution in [3.63, 3.8) is 0 Å². The molecule has 0 radical (unpaired) electrons. The first kappa shape index (κ1) is 22.0. The number of hydrogen-bond donors (Lipinski definition) is 0. The van der Waals surface area contributed by atoms with E-state index in [1.54, 1.807) is 0 Å². The summed E-state index contributed by atoms with van der Waals surface area (Å²) in [6, 6.07) is 0. The van der Waals surface area contributed by atoms with Crippen LogP contribution in [-0.4, -0.2) is 23.6 Å². The summed E-state index contributed by atoms with van der Waals surface area (Å²) < 4.78 is 13.0. The third-order valence-electron chi connectivity index (χ3n) is 13.5. The first-order valence-electron chi connectivity index (χ1n) is 15.4. The minimum atomic E-state index is -0.152. The molecule has 9 aliphatic carbocycles. The van der Waals surface area contributed by atoms with Crippen molar-refractivity contribution in [1.29, 1.82) is 0 Å². The van der Waals surface area contributed by atoms with Crippen molar-refractivity contribution in [3.05, 3.63) is 0 Å². The van der Waals surface area contributed by atoms with Gasteiger partial charge in [-0.1, -0.05) is 20.3 Å². The molecule has 0 heterocycles. The molecule has 0 N–H and O–H groups in total. The first-order chi connectivity index (χ1) is 17.0. The molecule has 4 heteroatoms. The summed E-state index contributed by atoms with van der Waals surface area (Å²) >= 11 is 0. The van der Waals surface area contributed by atoms with Crippen LogP contribution in [0, 0.1) is 70.5 Å². The zero-order valence-electron chi connectivity index (χ0n) is 21.8. The monoisotopic (exact) mass is 480 g/mol. The highest BCUT2D eigenvalue weighted by molar-refractivity contribution is 5.80. The standard InChI is InChI=1S/C31H44O4/c1-3-5-30(6-7-30)29(33)34-25-15-19-14-23(25)27-21-12-18(26(19)27)13-22(21)28(32)35-31(4-2)20-9-16-8-17(11-20)24(31)10-16/h16-27H,3-15H2,1-2H3. The molecule has 0 aliphatic heterocycles. The van der Waals surface area contributed by atoms with E-state index in [4.69, 9.17) is 9.47 Å². The lowest BCUT2D eigenvalue weighted by atomic mass is 9.66. The number of carbonyl (C=O) groups excluding carboxylic acids is 2. The molecule has 9 rings (SSSR count). The number of fused-ring (bicyclic) bond motifs is 9. The first-order valence-corrected chi connectivity index (χ1v) is 15.4. The number of ether oxygens (including phenoxy) is 2. The van der Waals surface area contributed by atoms with Gasteiger partial charge in [-0.3, -0.25) is 9.59 Å². The molecular weight excluding hydrogens is 436 g/mol. The number of carbonyl (C=O) groups is 2. The minimum absolute atomic E-state index is 0.101. The van der Waals surface area contributed by atoms with Crippen LogP contribution in [0.1, 0.15) is 97.3 Å².